The van der Waals surface area contributed by atoms with Crippen LogP contribution in [0.1, 0.15) is 12.5 Å². The average Bonchev–Trinajstić information content (AvgIpc) is 2.25. The van der Waals surface area contributed by atoms with E-state index in [1.54, 1.807) is 12.1 Å². The molecule has 0 saturated carbocycles. The van der Waals surface area contributed by atoms with Gasteiger partial charge in [0.1, 0.15) is 5.82 Å². The summed E-state index contributed by atoms with van der Waals surface area (Å²) in [5, 5.41) is 3.06. The van der Waals surface area contributed by atoms with Crippen molar-refractivity contribution in [3.8, 4) is 0 Å². The van der Waals surface area contributed by atoms with Crippen molar-refractivity contribution < 1.29 is 13.2 Å². The summed E-state index contributed by atoms with van der Waals surface area (Å²) in [5.41, 5.74) is 0.934. The van der Waals surface area contributed by atoms with Crippen LogP contribution in [0.2, 0.25) is 0 Å². The van der Waals surface area contributed by atoms with Crippen LogP contribution in [0.5, 0.6) is 0 Å². The van der Waals surface area contributed by atoms with Crippen LogP contribution < -0.4 is 10.2 Å². The third kappa shape index (κ3) is 3.93. The molecule has 0 bridgehead atoms. The zero-order valence-corrected chi connectivity index (χ0v) is 10.0. The molecule has 1 rings (SSSR count). The number of hydrogen-bond donors (Lipinski definition) is 1. The quantitative estimate of drug-likeness (QED) is 0.830. The summed E-state index contributed by atoms with van der Waals surface area (Å²) in [4.78, 5) is 1.26. The smallest absolute Gasteiger partial charge is 0.255 e. The Morgan fingerprint density at radius 1 is 1.35 bits per heavy atom. The van der Waals surface area contributed by atoms with Crippen LogP contribution in [0.3, 0.4) is 0 Å². The number of nitrogens with one attached hydrogen (secondary N) is 1. The van der Waals surface area contributed by atoms with Gasteiger partial charge in [0, 0.05) is 13.6 Å². The summed E-state index contributed by atoms with van der Waals surface area (Å²) in [6, 6.07) is 4.61. The van der Waals surface area contributed by atoms with E-state index in [0.29, 0.717) is 12.1 Å². The lowest BCUT2D eigenvalue weighted by molar-refractivity contribution is 0.156. The molecule has 0 aromatic heterocycles. The molecule has 0 fully saturated rings. The zero-order chi connectivity index (χ0) is 12.8. The molecule has 0 aliphatic heterocycles. The van der Waals surface area contributed by atoms with Crippen molar-refractivity contribution in [1.29, 1.82) is 0 Å². The van der Waals surface area contributed by atoms with Crippen LogP contribution in [0, 0.1) is 5.82 Å². The topological polar surface area (TPSA) is 15.3 Å². The molecule has 0 spiro atoms. The molecule has 0 amide bonds. The highest BCUT2D eigenvalue weighted by Gasteiger charge is 2.15. The molecule has 2 nitrogen and oxygen atoms in total. The summed E-state index contributed by atoms with van der Waals surface area (Å²) < 4.78 is 38.3. The van der Waals surface area contributed by atoms with Gasteiger partial charge in [-0.2, -0.15) is 0 Å². The highest BCUT2D eigenvalue weighted by atomic mass is 19.3. The Morgan fingerprint density at radius 3 is 2.65 bits per heavy atom. The molecule has 96 valence electrons. The number of anilines is 1. The number of halogens is 3. The number of alkyl halides is 2. The number of nitrogens with zero attached hydrogens (tertiary/aromatic N) is 1. The van der Waals surface area contributed by atoms with Crippen LogP contribution in [-0.2, 0) is 6.54 Å². The number of para-hydroxylation sites is 1. The lowest BCUT2D eigenvalue weighted by atomic mass is 10.1. The van der Waals surface area contributed by atoms with E-state index < -0.39 is 18.8 Å². The van der Waals surface area contributed by atoms with Crippen molar-refractivity contribution in [1.82, 2.24) is 5.32 Å². The molecule has 0 atom stereocenters. The van der Waals surface area contributed by atoms with Crippen LogP contribution in [-0.4, -0.2) is 26.6 Å². The molecule has 0 aliphatic carbocycles. The first-order valence-corrected chi connectivity index (χ1v) is 5.53. The number of benzene rings is 1. The first-order valence-electron chi connectivity index (χ1n) is 5.53. The van der Waals surface area contributed by atoms with Gasteiger partial charge in [0.25, 0.3) is 6.43 Å². The molecule has 0 radical (unpaired) electrons. The molecule has 5 heteroatoms. The second kappa shape index (κ2) is 6.49. The van der Waals surface area contributed by atoms with Crippen LogP contribution >= 0.6 is 0 Å². The minimum atomic E-state index is -2.48. The molecule has 0 unspecified atom stereocenters. The summed E-state index contributed by atoms with van der Waals surface area (Å²) in [5.74, 6) is -0.469. The van der Waals surface area contributed by atoms with Gasteiger partial charge in [0.15, 0.2) is 0 Å². The van der Waals surface area contributed by atoms with Gasteiger partial charge in [-0.1, -0.05) is 19.1 Å². The van der Waals surface area contributed by atoms with Crippen LogP contribution in [0.4, 0.5) is 18.9 Å². The molecule has 1 N–H and O–H groups in total. The van der Waals surface area contributed by atoms with Gasteiger partial charge in [0.2, 0.25) is 0 Å². The third-order valence-corrected chi connectivity index (χ3v) is 2.43. The minimum absolute atomic E-state index is 0.244. The fourth-order valence-electron chi connectivity index (χ4n) is 1.69. The van der Waals surface area contributed by atoms with Gasteiger partial charge in [-0.15, -0.1) is 0 Å². The molecular weight excluding hydrogens is 229 g/mol. The van der Waals surface area contributed by atoms with Crippen molar-refractivity contribution in [2.45, 2.75) is 19.9 Å². The number of rotatable bonds is 6. The SMILES string of the molecule is CCNCc1cccc(F)c1N(C)CC(F)F. The van der Waals surface area contributed by atoms with E-state index in [1.807, 2.05) is 6.92 Å². The van der Waals surface area contributed by atoms with Gasteiger partial charge in [-0.3, -0.25) is 0 Å². The minimum Gasteiger partial charge on any atom is -0.366 e. The fourth-order valence-corrected chi connectivity index (χ4v) is 1.69. The van der Waals surface area contributed by atoms with Crippen molar-refractivity contribution >= 4 is 5.69 Å². The lowest BCUT2D eigenvalue weighted by Gasteiger charge is -2.22. The van der Waals surface area contributed by atoms with Crippen molar-refractivity contribution in [2.75, 3.05) is 25.0 Å². The standard InChI is InChI=1S/C12H17F3N2/c1-3-16-7-9-5-4-6-10(13)12(9)17(2)8-11(14)15/h4-6,11,16H,3,7-8H2,1-2H3. The Labute approximate surface area is 99.4 Å². The van der Waals surface area contributed by atoms with E-state index in [9.17, 15) is 13.2 Å². The van der Waals surface area contributed by atoms with Gasteiger partial charge >= 0.3 is 0 Å². The molecule has 0 heterocycles. The maximum absolute atomic E-state index is 13.7. The van der Waals surface area contributed by atoms with E-state index in [1.165, 1.54) is 18.0 Å². The number of hydrogen-bond acceptors (Lipinski definition) is 2. The van der Waals surface area contributed by atoms with E-state index in [0.717, 1.165) is 6.54 Å². The molecule has 0 saturated heterocycles. The maximum Gasteiger partial charge on any atom is 0.255 e. The Kier molecular flexibility index (Phi) is 5.28. The van der Waals surface area contributed by atoms with Gasteiger partial charge in [-0.25, -0.2) is 13.2 Å². The maximum atomic E-state index is 13.7. The highest BCUT2D eigenvalue weighted by molar-refractivity contribution is 5.54. The first-order chi connectivity index (χ1) is 8.06. The lowest BCUT2D eigenvalue weighted by Crippen LogP contribution is -2.27. The predicted molar refractivity (Wildman–Crippen MR) is 63.1 cm³/mol. The molecular formula is C12H17F3N2. The zero-order valence-electron chi connectivity index (χ0n) is 10.0. The Hall–Kier alpha value is -1.23. The van der Waals surface area contributed by atoms with E-state index in [4.69, 9.17) is 0 Å². The fraction of sp³-hybridized carbons (Fsp3) is 0.500. The van der Waals surface area contributed by atoms with Gasteiger partial charge < -0.3 is 10.2 Å². The van der Waals surface area contributed by atoms with Crippen LogP contribution in [0.25, 0.3) is 0 Å². The summed E-state index contributed by atoms with van der Waals surface area (Å²) in [6.45, 7) is 2.67. The van der Waals surface area contributed by atoms with E-state index in [-0.39, 0.29) is 5.69 Å². The van der Waals surface area contributed by atoms with Gasteiger partial charge in [-0.05, 0) is 18.2 Å². The molecule has 17 heavy (non-hydrogen) atoms. The van der Waals surface area contributed by atoms with Crippen molar-refractivity contribution in [3.05, 3.63) is 29.6 Å². The van der Waals surface area contributed by atoms with Crippen molar-refractivity contribution in [3.63, 3.8) is 0 Å². The first kappa shape index (κ1) is 13.8. The van der Waals surface area contributed by atoms with Crippen LogP contribution in [0.15, 0.2) is 18.2 Å². The van der Waals surface area contributed by atoms with E-state index >= 15 is 0 Å². The van der Waals surface area contributed by atoms with Crippen molar-refractivity contribution in [2.24, 2.45) is 0 Å². The van der Waals surface area contributed by atoms with Gasteiger partial charge in [0.05, 0.1) is 12.2 Å². The normalized spacial score (nSPS) is 10.9. The Morgan fingerprint density at radius 2 is 2.06 bits per heavy atom. The average molecular weight is 246 g/mol. The summed E-state index contributed by atoms with van der Waals surface area (Å²) >= 11 is 0. The summed E-state index contributed by atoms with van der Waals surface area (Å²) in [7, 11) is 1.47. The van der Waals surface area contributed by atoms with E-state index in [2.05, 4.69) is 5.32 Å². The summed E-state index contributed by atoms with van der Waals surface area (Å²) in [6.07, 6.45) is -2.48. The highest BCUT2D eigenvalue weighted by Crippen LogP contribution is 2.24. The monoisotopic (exact) mass is 246 g/mol. The Balaban J connectivity index is 2.93. The molecule has 0 aliphatic rings. The molecule has 1 aromatic carbocycles. The largest absolute Gasteiger partial charge is 0.366 e. The third-order valence-electron chi connectivity index (χ3n) is 2.43. The Bertz CT molecular complexity index is 356. The molecule has 1 aromatic rings. The second-order valence-corrected chi connectivity index (χ2v) is 3.80. The predicted octanol–water partition coefficient (Wildman–Crippen LogP) is 2.64. The second-order valence-electron chi connectivity index (χ2n) is 3.80.